The molecule has 0 aromatic rings. The van der Waals surface area contributed by atoms with Crippen LogP contribution < -0.4 is 0 Å². The second-order valence-electron chi connectivity index (χ2n) is 2.76. The van der Waals surface area contributed by atoms with E-state index in [4.69, 9.17) is 27.7 Å². The van der Waals surface area contributed by atoms with Crippen LogP contribution in [0, 0.1) is 0 Å². The van der Waals surface area contributed by atoms with Crippen LogP contribution in [0.4, 0.5) is 0 Å². The summed E-state index contributed by atoms with van der Waals surface area (Å²) in [5.41, 5.74) is 0. The van der Waals surface area contributed by atoms with Gasteiger partial charge in [0.2, 0.25) is 0 Å². The van der Waals surface area contributed by atoms with Gasteiger partial charge in [-0.15, -0.1) is 0 Å². The Morgan fingerprint density at radius 3 is 1.94 bits per heavy atom. The molecule has 0 unspecified atom stereocenters. The van der Waals surface area contributed by atoms with Gasteiger partial charge >= 0.3 is 125 Å². The van der Waals surface area contributed by atoms with Gasteiger partial charge < -0.3 is 0 Å². The Bertz CT molecular complexity index is 316. The Labute approximate surface area is 124 Å². The third-order valence-electron chi connectivity index (χ3n) is 1.69. The summed E-state index contributed by atoms with van der Waals surface area (Å²) in [7, 11) is 0. The van der Waals surface area contributed by atoms with E-state index in [1.54, 1.807) is 8.18 Å². The van der Waals surface area contributed by atoms with E-state index in [2.05, 4.69) is 26.3 Å². The predicted molar refractivity (Wildman–Crippen MR) is 75.0 cm³/mol. The van der Waals surface area contributed by atoms with Crippen molar-refractivity contribution in [2.24, 2.45) is 0 Å². The molecule has 0 aliphatic rings. The molecule has 0 spiro atoms. The van der Waals surface area contributed by atoms with Crippen molar-refractivity contribution < 1.29 is 9.28 Å². The van der Waals surface area contributed by atoms with E-state index in [-0.39, 0.29) is 0 Å². The van der Waals surface area contributed by atoms with Gasteiger partial charge in [-0.25, -0.2) is 0 Å². The van der Waals surface area contributed by atoms with Gasteiger partial charge in [-0.1, -0.05) is 0 Å². The Balaban J connectivity index is 4.95. The van der Waals surface area contributed by atoms with Crippen molar-refractivity contribution in [3.8, 4) is 0 Å². The predicted octanol–water partition coefficient (Wildman–Crippen LogP) is 2.68. The molecule has 0 N–H and O–H groups in total. The Morgan fingerprint density at radius 1 is 1.18 bits per heavy atom. The number of carbonyl (C=O) groups excluding carboxylic acids is 1. The molecule has 93 valence electrons. The molecule has 0 saturated heterocycles. The summed E-state index contributed by atoms with van der Waals surface area (Å²) in [5.74, 6) is -0.736. The molecular formula is C10H13Cl2O3Sn2. The van der Waals surface area contributed by atoms with Crippen LogP contribution in [0.25, 0.3) is 0 Å². The van der Waals surface area contributed by atoms with Gasteiger partial charge in [0.15, 0.2) is 0 Å². The van der Waals surface area contributed by atoms with Crippen LogP contribution in [-0.4, -0.2) is 50.2 Å². The van der Waals surface area contributed by atoms with Crippen molar-refractivity contribution in [2.45, 2.75) is 4.84 Å². The van der Waals surface area contributed by atoms with Crippen molar-refractivity contribution in [1.29, 1.82) is 0 Å². The molecule has 0 atom stereocenters. The Hall–Kier alpha value is 0.567. The van der Waals surface area contributed by atoms with Gasteiger partial charge in [-0.3, -0.25) is 0 Å². The third-order valence-corrected chi connectivity index (χ3v) is 21.3. The van der Waals surface area contributed by atoms with Crippen molar-refractivity contribution >= 4 is 68.6 Å². The van der Waals surface area contributed by atoms with Crippen LogP contribution in [0.2, 0.25) is 0 Å². The third kappa shape index (κ3) is 5.83. The zero-order valence-corrected chi connectivity index (χ0v) is 16.4. The molecule has 0 aliphatic heterocycles. The number of hydrogen-bond acceptors (Lipinski definition) is 3. The fourth-order valence-electron chi connectivity index (χ4n) is 0.823. The van der Waals surface area contributed by atoms with Crippen LogP contribution in [-0.2, 0) is 9.28 Å². The molecule has 0 aliphatic carbocycles. The number of rotatable bonds is 8. The SMILES string of the molecule is C=[CH][Sn]([CH]=C)[O][Sn]([CH]=C)([CH]=C)[O]C(=O)C(Cl)Cl. The molecular weight excluding hydrogens is 476 g/mol. The summed E-state index contributed by atoms with van der Waals surface area (Å²) in [5, 5.41) is 0. The van der Waals surface area contributed by atoms with E-state index >= 15 is 0 Å². The molecule has 7 heteroatoms. The van der Waals surface area contributed by atoms with Crippen LogP contribution >= 0.6 is 23.2 Å². The molecule has 0 amide bonds. The second-order valence-corrected chi connectivity index (χ2v) is 20.0. The van der Waals surface area contributed by atoms with E-state index in [1.165, 1.54) is 8.18 Å². The standard InChI is InChI=1S/C2H2Cl2O2.4C2H3.O.2Sn/c3-1(4)2(5)6;4*1-2;;;/h1H,(H,5,6);4*1H,2H2;;;/q;;;;;;;+1/p-1. The molecule has 0 aromatic carbocycles. The Kier molecular flexibility index (Phi) is 8.92. The normalized spacial score (nSPS) is 11.1. The van der Waals surface area contributed by atoms with Crippen LogP contribution in [0.1, 0.15) is 0 Å². The summed E-state index contributed by atoms with van der Waals surface area (Å²) in [4.78, 5) is 10.2. The first-order valence-corrected chi connectivity index (χ1v) is 15.5. The topological polar surface area (TPSA) is 35.5 Å². The molecule has 0 fully saturated rings. The van der Waals surface area contributed by atoms with Gasteiger partial charge in [0.1, 0.15) is 0 Å². The molecule has 0 saturated carbocycles. The molecule has 1 radical (unpaired) electrons. The van der Waals surface area contributed by atoms with E-state index in [9.17, 15) is 4.79 Å². The van der Waals surface area contributed by atoms with Crippen LogP contribution in [0.15, 0.2) is 42.7 Å². The average Bonchev–Trinajstić information content (AvgIpc) is 2.34. The molecule has 3 nitrogen and oxygen atoms in total. The summed E-state index contributed by atoms with van der Waals surface area (Å²) >= 11 is 4.62. The average molecular weight is 490 g/mol. The molecule has 0 bridgehead atoms. The monoisotopic (exact) mass is 491 g/mol. The minimum atomic E-state index is -3.83. The summed E-state index contributed by atoms with van der Waals surface area (Å²) in [6, 6.07) is 0. The van der Waals surface area contributed by atoms with Crippen molar-refractivity contribution in [3.05, 3.63) is 42.7 Å². The first-order valence-electron chi connectivity index (χ1n) is 4.53. The summed E-state index contributed by atoms with van der Waals surface area (Å²) in [6.45, 7) is 14.6. The molecule has 17 heavy (non-hydrogen) atoms. The van der Waals surface area contributed by atoms with Crippen molar-refractivity contribution in [3.63, 3.8) is 0 Å². The second kappa shape index (κ2) is 8.63. The van der Waals surface area contributed by atoms with Gasteiger partial charge in [0.25, 0.3) is 0 Å². The number of alkyl halides is 2. The van der Waals surface area contributed by atoms with E-state index in [0.717, 1.165) is 0 Å². The minimum absolute atomic E-state index is 0.736. The fraction of sp³-hybridized carbons (Fsp3) is 0.100. The van der Waals surface area contributed by atoms with Crippen LogP contribution in [0.3, 0.4) is 0 Å². The van der Waals surface area contributed by atoms with Gasteiger partial charge in [-0.2, -0.15) is 0 Å². The van der Waals surface area contributed by atoms with E-state index in [1.807, 2.05) is 0 Å². The van der Waals surface area contributed by atoms with Crippen molar-refractivity contribution in [2.75, 3.05) is 0 Å². The first kappa shape index (κ1) is 17.6. The number of carbonyl (C=O) groups is 1. The zero-order valence-electron chi connectivity index (χ0n) is 9.20. The molecule has 0 aromatic heterocycles. The zero-order chi connectivity index (χ0) is 13.5. The van der Waals surface area contributed by atoms with E-state index < -0.39 is 50.2 Å². The maximum absolute atomic E-state index is 11.4. The van der Waals surface area contributed by atoms with Gasteiger partial charge in [0, 0.05) is 0 Å². The van der Waals surface area contributed by atoms with E-state index in [0.29, 0.717) is 0 Å². The fourth-order valence-corrected chi connectivity index (χ4v) is 20.4. The van der Waals surface area contributed by atoms with Crippen molar-refractivity contribution in [1.82, 2.24) is 0 Å². The maximum atomic E-state index is 11.4. The summed E-state index contributed by atoms with van der Waals surface area (Å²) in [6.07, 6.45) is 0. The molecule has 0 heterocycles. The number of halogens is 2. The first-order chi connectivity index (χ1) is 7.94. The van der Waals surface area contributed by atoms with Crippen LogP contribution in [0.5, 0.6) is 0 Å². The molecule has 0 rings (SSSR count). The Morgan fingerprint density at radius 2 is 1.65 bits per heavy atom. The summed E-state index contributed by atoms with van der Waals surface area (Å²) < 4.78 is 17.5. The quantitative estimate of drug-likeness (QED) is 0.389. The van der Waals surface area contributed by atoms with Gasteiger partial charge in [0.05, 0.1) is 0 Å². The van der Waals surface area contributed by atoms with Gasteiger partial charge in [-0.05, 0) is 0 Å². The number of hydrogen-bond donors (Lipinski definition) is 0.